The van der Waals surface area contributed by atoms with Gasteiger partial charge in [-0.05, 0) is 39.0 Å². The molecule has 3 rings (SSSR count). The summed E-state index contributed by atoms with van der Waals surface area (Å²) in [5.74, 6) is 0.866. The van der Waals surface area contributed by atoms with Gasteiger partial charge < -0.3 is 10.2 Å². The molecule has 2 aromatic rings. The Balaban J connectivity index is 1.70. The van der Waals surface area contributed by atoms with Crippen molar-refractivity contribution in [2.45, 2.75) is 37.9 Å². The van der Waals surface area contributed by atoms with Gasteiger partial charge in [-0.25, -0.2) is 9.97 Å². The number of aromatic nitrogens is 4. The highest BCUT2D eigenvalue weighted by Gasteiger charge is 2.24. The van der Waals surface area contributed by atoms with Crippen LogP contribution in [0.2, 0.25) is 0 Å². The van der Waals surface area contributed by atoms with Gasteiger partial charge in [-0.1, -0.05) is 11.8 Å². The molecule has 1 unspecified atom stereocenters. The average molecular weight is 360 g/mol. The number of carbonyl (C=O) groups excluding carboxylic acids is 1. The second-order valence-corrected chi connectivity index (χ2v) is 7.18. The Morgan fingerprint density at radius 2 is 2.08 bits per heavy atom. The van der Waals surface area contributed by atoms with Crippen LogP contribution in [0, 0.1) is 13.8 Å². The molecule has 0 spiro atoms. The first kappa shape index (κ1) is 17.7. The van der Waals surface area contributed by atoms with E-state index < -0.39 is 0 Å². The van der Waals surface area contributed by atoms with Crippen molar-refractivity contribution in [1.82, 2.24) is 25.1 Å². The van der Waals surface area contributed by atoms with Crippen LogP contribution < -0.4 is 10.2 Å². The van der Waals surface area contributed by atoms with E-state index in [2.05, 4.69) is 25.3 Å². The summed E-state index contributed by atoms with van der Waals surface area (Å²) in [4.78, 5) is 23.8. The third-order valence-electron chi connectivity index (χ3n) is 4.32. The minimum atomic E-state index is -0.0707. The van der Waals surface area contributed by atoms with Crippen LogP contribution in [0.25, 0.3) is 0 Å². The number of nitrogens with one attached hydrogen (secondary N) is 1. The van der Waals surface area contributed by atoms with E-state index in [0.29, 0.717) is 5.69 Å². The Morgan fingerprint density at radius 3 is 2.76 bits per heavy atom. The molecule has 1 aliphatic heterocycles. The molecular weight excluding hydrogens is 336 g/mol. The third-order valence-corrected chi connectivity index (χ3v) is 4.87. The smallest absolute Gasteiger partial charge is 0.269 e. The van der Waals surface area contributed by atoms with Crippen LogP contribution in [-0.4, -0.2) is 51.0 Å². The van der Waals surface area contributed by atoms with Gasteiger partial charge in [0.05, 0.1) is 5.69 Å². The number of amides is 1. The molecule has 0 saturated carbocycles. The van der Waals surface area contributed by atoms with Gasteiger partial charge in [-0.3, -0.25) is 9.48 Å². The fourth-order valence-corrected chi connectivity index (χ4v) is 3.58. The summed E-state index contributed by atoms with van der Waals surface area (Å²) in [5, 5.41) is 8.17. The van der Waals surface area contributed by atoms with Crippen LogP contribution in [-0.2, 0) is 7.05 Å². The number of piperidine rings is 1. The molecule has 7 nitrogen and oxygen atoms in total. The van der Waals surface area contributed by atoms with Gasteiger partial charge in [0.2, 0.25) is 0 Å². The molecule has 134 valence electrons. The van der Waals surface area contributed by atoms with E-state index in [-0.39, 0.29) is 11.9 Å². The van der Waals surface area contributed by atoms with Crippen molar-refractivity contribution in [1.29, 1.82) is 0 Å². The molecule has 3 heterocycles. The van der Waals surface area contributed by atoms with Crippen molar-refractivity contribution in [3.63, 3.8) is 0 Å². The Hall–Kier alpha value is -2.09. The van der Waals surface area contributed by atoms with Crippen LogP contribution in [0.4, 0.5) is 5.82 Å². The lowest BCUT2D eigenvalue weighted by atomic mass is 10.1. The van der Waals surface area contributed by atoms with Crippen molar-refractivity contribution >= 4 is 23.5 Å². The van der Waals surface area contributed by atoms with Gasteiger partial charge in [-0.15, -0.1) is 0 Å². The van der Waals surface area contributed by atoms with E-state index >= 15 is 0 Å². The molecule has 25 heavy (non-hydrogen) atoms. The average Bonchev–Trinajstić information content (AvgIpc) is 2.93. The number of hydrogen-bond donors (Lipinski definition) is 1. The van der Waals surface area contributed by atoms with Crippen molar-refractivity contribution < 1.29 is 4.79 Å². The quantitative estimate of drug-likeness (QED) is 0.663. The van der Waals surface area contributed by atoms with E-state index in [1.807, 2.05) is 32.2 Å². The Bertz CT molecular complexity index is 774. The fraction of sp³-hybridized carbons (Fsp3) is 0.529. The molecule has 8 heteroatoms. The van der Waals surface area contributed by atoms with Crippen LogP contribution in [0.15, 0.2) is 17.3 Å². The standard InChI is InChI=1S/C17H24N6OS/c1-11-9-15(20-17(18-11)25-4)23-7-5-6-13(10-23)19-16(24)14-8-12(2)21-22(14)3/h8-9,13H,5-7,10H2,1-4H3,(H,19,24). The number of anilines is 1. The highest BCUT2D eigenvalue weighted by atomic mass is 32.2. The molecule has 0 aromatic carbocycles. The summed E-state index contributed by atoms with van der Waals surface area (Å²) >= 11 is 1.55. The number of carbonyl (C=O) groups is 1. The maximum Gasteiger partial charge on any atom is 0.269 e. The van der Waals surface area contributed by atoms with Crippen LogP contribution >= 0.6 is 11.8 Å². The zero-order valence-electron chi connectivity index (χ0n) is 15.1. The molecule has 0 radical (unpaired) electrons. The number of aryl methyl sites for hydroxylation is 3. The fourth-order valence-electron chi connectivity index (χ4n) is 3.16. The lowest BCUT2D eigenvalue weighted by molar-refractivity contribution is 0.0923. The van der Waals surface area contributed by atoms with E-state index in [0.717, 1.165) is 48.3 Å². The molecule has 1 aliphatic rings. The van der Waals surface area contributed by atoms with Crippen molar-refractivity contribution in [2.75, 3.05) is 24.2 Å². The van der Waals surface area contributed by atoms with E-state index in [4.69, 9.17) is 0 Å². The molecule has 1 fully saturated rings. The molecule has 0 aliphatic carbocycles. The highest BCUT2D eigenvalue weighted by Crippen LogP contribution is 2.21. The van der Waals surface area contributed by atoms with Gasteiger partial charge in [0, 0.05) is 37.9 Å². The summed E-state index contributed by atoms with van der Waals surface area (Å²) in [6.07, 6.45) is 3.97. The monoisotopic (exact) mass is 360 g/mol. The predicted molar refractivity (Wildman–Crippen MR) is 99.2 cm³/mol. The molecule has 1 N–H and O–H groups in total. The van der Waals surface area contributed by atoms with Gasteiger partial charge in [0.1, 0.15) is 11.5 Å². The Labute approximate surface area is 152 Å². The largest absolute Gasteiger partial charge is 0.354 e. The first-order valence-electron chi connectivity index (χ1n) is 8.42. The van der Waals surface area contributed by atoms with Crippen molar-refractivity contribution in [3.8, 4) is 0 Å². The maximum absolute atomic E-state index is 12.5. The molecule has 2 aromatic heterocycles. The Kier molecular flexibility index (Phi) is 5.27. The lowest BCUT2D eigenvalue weighted by Crippen LogP contribution is -2.48. The minimum absolute atomic E-state index is 0.0707. The number of rotatable bonds is 4. The second-order valence-electron chi connectivity index (χ2n) is 6.41. The van der Waals surface area contributed by atoms with Crippen molar-refractivity contribution in [2.24, 2.45) is 7.05 Å². The van der Waals surface area contributed by atoms with Crippen LogP contribution in [0.1, 0.15) is 34.7 Å². The topological polar surface area (TPSA) is 75.9 Å². The molecular formula is C17H24N6OS. The summed E-state index contributed by atoms with van der Waals surface area (Å²) < 4.78 is 1.63. The SMILES string of the molecule is CSc1nc(C)cc(N2CCCC(NC(=O)c3cc(C)nn3C)C2)n1. The second kappa shape index (κ2) is 7.43. The normalized spacial score (nSPS) is 17.6. The zero-order valence-corrected chi connectivity index (χ0v) is 15.9. The van der Waals surface area contributed by atoms with Gasteiger partial charge in [0.25, 0.3) is 5.91 Å². The number of nitrogens with zero attached hydrogens (tertiary/aromatic N) is 5. The highest BCUT2D eigenvalue weighted by molar-refractivity contribution is 7.98. The van der Waals surface area contributed by atoms with Gasteiger partial charge in [0.15, 0.2) is 5.16 Å². The summed E-state index contributed by atoms with van der Waals surface area (Å²) in [6.45, 7) is 5.58. The zero-order chi connectivity index (χ0) is 18.0. The van der Waals surface area contributed by atoms with Crippen LogP contribution in [0.5, 0.6) is 0 Å². The van der Waals surface area contributed by atoms with Gasteiger partial charge >= 0.3 is 0 Å². The van der Waals surface area contributed by atoms with Crippen LogP contribution in [0.3, 0.4) is 0 Å². The molecule has 1 atom stereocenters. The number of hydrogen-bond acceptors (Lipinski definition) is 6. The Morgan fingerprint density at radius 1 is 1.28 bits per heavy atom. The van der Waals surface area contributed by atoms with E-state index in [1.165, 1.54) is 0 Å². The third kappa shape index (κ3) is 4.12. The summed E-state index contributed by atoms with van der Waals surface area (Å²) in [5.41, 5.74) is 2.40. The molecule has 1 amide bonds. The minimum Gasteiger partial charge on any atom is -0.354 e. The maximum atomic E-state index is 12.5. The summed E-state index contributed by atoms with van der Waals surface area (Å²) in [6, 6.07) is 3.92. The molecule has 1 saturated heterocycles. The summed E-state index contributed by atoms with van der Waals surface area (Å²) in [7, 11) is 1.79. The first-order chi connectivity index (χ1) is 12.0. The number of thioether (sulfide) groups is 1. The van der Waals surface area contributed by atoms with E-state index in [9.17, 15) is 4.79 Å². The van der Waals surface area contributed by atoms with Crippen molar-refractivity contribution in [3.05, 3.63) is 29.2 Å². The van der Waals surface area contributed by atoms with E-state index in [1.54, 1.807) is 23.5 Å². The lowest BCUT2D eigenvalue weighted by Gasteiger charge is -2.34. The van der Waals surface area contributed by atoms with Gasteiger partial charge in [-0.2, -0.15) is 5.10 Å². The first-order valence-corrected chi connectivity index (χ1v) is 9.65. The predicted octanol–water partition coefficient (Wildman–Crippen LogP) is 1.95. The molecule has 0 bridgehead atoms.